The van der Waals surface area contributed by atoms with Gasteiger partial charge in [-0.2, -0.15) is 0 Å². The molecule has 0 aromatic heterocycles. The first-order chi connectivity index (χ1) is 17.2. The number of thiocarbonyl (C=S) groups is 1. The van der Waals surface area contributed by atoms with Crippen molar-refractivity contribution in [2.75, 3.05) is 16.8 Å². The van der Waals surface area contributed by atoms with Gasteiger partial charge in [-0.15, -0.1) is 0 Å². The number of amides is 1. The number of fused-ring (bicyclic) bond motifs is 4. The largest absolute Gasteiger partial charge is 0.490 e. The molecular weight excluding hydrogens is 494 g/mol. The van der Waals surface area contributed by atoms with Crippen molar-refractivity contribution in [3.8, 4) is 11.5 Å². The third-order valence-electron chi connectivity index (χ3n) is 6.80. The summed E-state index contributed by atoms with van der Waals surface area (Å²) in [5.41, 5.74) is 3.34. The molecule has 1 fully saturated rings. The van der Waals surface area contributed by atoms with Crippen molar-refractivity contribution in [1.82, 2.24) is 5.32 Å². The number of ether oxygens (including phenoxy) is 2. The van der Waals surface area contributed by atoms with E-state index in [1.807, 2.05) is 81.1 Å². The summed E-state index contributed by atoms with van der Waals surface area (Å²) in [5.74, 6) is 0.419. The number of anilines is 2. The molecule has 5 rings (SSSR count). The van der Waals surface area contributed by atoms with Gasteiger partial charge in [-0.1, -0.05) is 41.4 Å². The van der Waals surface area contributed by atoms with Gasteiger partial charge >= 0.3 is 0 Å². The van der Waals surface area contributed by atoms with Crippen molar-refractivity contribution >= 4 is 46.2 Å². The molecule has 2 aliphatic heterocycles. The highest BCUT2D eigenvalue weighted by Crippen LogP contribution is 2.52. The molecule has 2 heterocycles. The lowest BCUT2D eigenvalue weighted by Gasteiger charge is -2.56. The van der Waals surface area contributed by atoms with Gasteiger partial charge in [0.25, 0.3) is 0 Å². The van der Waals surface area contributed by atoms with Crippen molar-refractivity contribution in [2.24, 2.45) is 5.92 Å². The van der Waals surface area contributed by atoms with Crippen molar-refractivity contribution in [2.45, 2.75) is 39.5 Å². The van der Waals surface area contributed by atoms with Crippen LogP contribution < -0.4 is 25.0 Å². The summed E-state index contributed by atoms with van der Waals surface area (Å²) in [6.07, 6.45) is 0. The molecule has 0 radical (unpaired) electrons. The van der Waals surface area contributed by atoms with E-state index in [0.29, 0.717) is 28.2 Å². The minimum Gasteiger partial charge on any atom is -0.490 e. The van der Waals surface area contributed by atoms with E-state index in [1.54, 1.807) is 12.1 Å². The second-order valence-corrected chi connectivity index (χ2v) is 10.1. The zero-order valence-electron chi connectivity index (χ0n) is 20.6. The van der Waals surface area contributed by atoms with E-state index in [2.05, 4.69) is 10.6 Å². The number of nitrogens with zero attached hydrogens (tertiary/aromatic N) is 1. The van der Waals surface area contributed by atoms with Crippen molar-refractivity contribution in [3.05, 3.63) is 82.4 Å². The first-order valence-electron chi connectivity index (χ1n) is 11.9. The van der Waals surface area contributed by atoms with Crippen LogP contribution in [0.4, 0.5) is 11.4 Å². The number of halogens is 1. The predicted octanol–water partition coefficient (Wildman–Crippen LogP) is 6.15. The summed E-state index contributed by atoms with van der Waals surface area (Å²) in [7, 11) is 0. The molecule has 2 N–H and O–H groups in total. The van der Waals surface area contributed by atoms with E-state index in [1.165, 1.54) is 0 Å². The molecule has 1 saturated heterocycles. The molecule has 3 aromatic carbocycles. The zero-order chi connectivity index (χ0) is 25.6. The van der Waals surface area contributed by atoms with Crippen LogP contribution in [0.1, 0.15) is 36.6 Å². The van der Waals surface area contributed by atoms with E-state index >= 15 is 0 Å². The molecule has 36 heavy (non-hydrogen) atoms. The summed E-state index contributed by atoms with van der Waals surface area (Å²) < 4.78 is 12.6. The second-order valence-electron chi connectivity index (χ2n) is 9.29. The van der Waals surface area contributed by atoms with Gasteiger partial charge in [0.1, 0.15) is 5.92 Å². The molecule has 0 unspecified atom stereocenters. The third kappa shape index (κ3) is 4.06. The lowest BCUT2D eigenvalue weighted by atomic mass is 9.78. The molecule has 0 spiro atoms. The molecule has 0 saturated carbocycles. The Morgan fingerprint density at radius 1 is 1.19 bits per heavy atom. The maximum atomic E-state index is 14.0. The van der Waals surface area contributed by atoms with Crippen LogP contribution in [-0.4, -0.2) is 23.4 Å². The van der Waals surface area contributed by atoms with Crippen LogP contribution in [0.2, 0.25) is 5.02 Å². The fourth-order valence-electron chi connectivity index (χ4n) is 5.18. The van der Waals surface area contributed by atoms with Crippen LogP contribution in [-0.2, 0) is 4.79 Å². The van der Waals surface area contributed by atoms with Gasteiger partial charge in [0.15, 0.2) is 22.3 Å². The first-order valence-corrected chi connectivity index (χ1v) is 12.7. The quantitative estimate of drug-likeness (QED) is 0.392. The fraction of sp³-hybridized carbons (Fsp3) is 0.286. The molecule has 1 amide bonds. The maximum Gasteiger partial charge on any atom is 0.236 e. The van der Waals surface area contributed by atoms with Crippen molar-refractivity contribution in [1.29, 1.82) is 0 Å². The number of nitrogens with one attached hydrogen (secondary N) is 2. The van der Waals surface area contributed by atoms with Gasteiger partial charge in [0.05, 0.1) is 12.6 Å². The Morgan fingerprint density at radius 3 is 2.64 bits per heavy atom. The van der Waals surface area contributed by atoms with Gasteiger partial charge in [0.2, 0.25) is 5.91 Å². The molecule has 3 atom stereocenters. The van der Waals surface area contributed by atoms with Gasteiger partial charge in [-0.25, -0.2) is 0 Å². The minimum absolute atomic E-state index is 0.170. The standard InChI is InChI=1S/C28H28ClN3O3S/c1-5-34-22-8-6-7-20-24-23(26(33)30-21-14-9-16(2)15-17(21)3)28(4,35-25(20)22)32(27(36)31-24)19-12-10-18(29)11-13-19/h6-15,23-24H,5H2,1-4H3,(H,30,33)(H,31,36)/t23-,24-,28-/m1/s1. The lowest BCUT2D eigenvalue weighted by molar-refractivity contribution is -0.130. The molecule has 0 aliphatic carbocycles. The molecule has 2 bridgehead atoms. The number of aryl methyl sites for hydroxylation is 2. The van der Waals surface area contributed by atoms with Crippen LogP contribution in [0.25, 0.3) is 0 Å². The molecule has 3 aromatic rings. The zero-order valence-corrected chi connectivity index (χ0v) is 22.2. The summed E-state index contributed by atoms with van der Waals surface area (Å²) >= 11 is 12.0. The topological polar surface area (TPSA) is 62.8 Å². The van der Waals surface area contributed by atoms with E-state index in [-0.39, 0.29) is 5.91 Å². The third-order valence-corrected chi connectivity index (χ3v) is 7.35. The molecular formula is C28H28ClN3O3S. The lowest BCUT2D eigenvalue weighted by Crippen LogP contribution is -2.72. The van der Waals surface area contributed by atoms with Crippen molar-refractivity contribution in [3.63, 3.8) is 0 Å². The van der Waals surface area contributed by atoms with E-state index in [9.17, 15) is 4.79 Å². The highest BCUT2D eigenvalue weighted by molar-refractivity contribution is 7.80. The summed E-state index contributed by atoms with van der Waals surface area (Å²) in [4.78, 5) is 15.9. The maximum absolute atomic E-state index is 14.0. The van der Waals surface area contributed by atoms with Crippen LogP contribution >= 0.6 is 23.8 Å². The Kier molecular flexibility index (Phi) is 6.30. The molecule has 2 aliphatic rings. The average Bonchev–Trinajstić information content (AvgIpc) is 2.82. The van der Waals surface area contributed by atoms with Crippen LogP contribution in [0.5, 0.6) is 11.5 Å². The molecule has 6 nitrogen and oxygen atoms in total. The molecule has 8 heteroatoms. The van der Waals surface area contributed by atoms with Gasteiger partial charge in [-0.05, 0) is 81.9 Å². The average molecular weight is 522 g/mol. The summed E-state index contributed by atoms with van der Waals surface area (Å²) in [6, 6.07) is 18.6. The van der Waals surface area contributed by atoms with Crippen LogP contribution in [0, 0.1) is 19.8 Å². The SMILES string of the molecule is CCOc1cccc2c1O[C@]1(C)[C@@H](C(=O)Nc3ccc(C)cc3C)[C@@H]2NC(=S)N1c1ccc(Cl)cc1. The smallest absolute Gasteiger partial charge is 0.236 e. The van der Waals surface area contributed by atoms with E-state index in [4.69, 9.17) is 33.3 Å². The van der Waals surface area contributed by atoms with Crippen LogP contribution in [0.15, 0.2) is 60.7 Å². The monoisotopic (exact) mass is 521 g/mol. The van der Waals surface area contributed by atoms with Gasteiger partial charge in [0, 0.05) is 22.0 Å². The van der Waals surface area contributed by atoms with Crippen molar-refractivity contribution < 1.29 is 14.3 Å². The molecule has 186 valence electrons. The highest BCUT2D eigenvalue weighted by atomic mass is 35.5. The highest BCUT2D eigenvalue weighted by Gasteiger charge is 2.59. The number of rotatable bonds is 5. The van der Waals surface area contributed by atoms with Gasteiger partial charge in [-0.3, -0.25) is 9.69 Å². The summed E-state index contributed by atoms with van der Waals surface area (Å²) in [5, 5.41) is 7.65. The number of carbonyl (C=O) groups is 1. The Bertz CT molecular complexity index is 1350. The Hall–Kier alpha value is -3.29. The second kappa shape index (κ2) is 9.30. The van der Waals surface area contributed by atoms with E-state index in [0.717, 1.165) is 28.1 Å². The predicted molar refractivity (Wildman–Crippen MR) is 147 cm³/mol. The Labute approximate surface area is 221 Å². The first kappa shape index (κ1) is 24.4. The van der Waals surface area contributed by atoms with Gasteiger partial charge < -0.3 is 20.1 Å². The summed E-state index contributed by atoms with van der Waals surface area (Å²) in [6.45, 7) is 8.34. The Balaban J connectivity index is 1.64. The number of carbonyl (C=O) groups excluding carboxylic acids is 1. The number of hydrogen-bond donors (Lipinski definition) is 2. The fourth-order valence-corrected chi connectivity index (χ4v) is 5.72. The number of para-hydroxylation sites is 1. The van der Waals surface area contributed by atoms with Crippen LogP contribution in [0.3, 0.4) is 0 Å². The normalized spacial score (nSPS) is 22.2. The minimum atomic E-state index is -1.15. The van der Waals surface area contributed by atoms with E-state index < -0.39 is 17.7 Å². The Morgan fingerprint density at radius 2 is 1.94 bits per heavy atom. The number of hydrogen-bond acceptors (Lipinski definition) is 4. The number of benzene rings is 3.